The number of hydrogen-bond acceptors (Lipinski definition) is 7. The summed E-state index contributed by atoms with van der Waals surface area (Å²) < 4.78 is 11.0. The van der Waals surface area contributed by atoms with Crippen molar-refractivity contribution in [1.82, 2.24) is 5.32 Å². The molecule has 0 radical (unpaired) electrons. The first-order valence-electron chi connectivity index (χ1n) is 6.65. The second-order valence-corrected chi connectivity index (χ2v) is 6.41. The minimum Gasteiger partial charge on any atom is -0.497 e. The highest BCUT2D eigenvalue weighted by Crippen LogP contribution is 2.35. The number of nitrogens with one attached hydrogen (secondary N) is 1. The number of nitro groups is 1. The van der Waals surface area contributed by atoms with E-state index in [1.807, 2.05) is 0 Å². The van der Waals surface area contributed by atoms with Gasteiger partial charge in [-0.3, -0.25) is 14.9 Å². The van der Waals surface area contributed by atoms with Gasteiger partial charge >= 0.3 is 0 Å². The van der Waals surface area contributed by atoms with Crippen molar-refractivity contribution >= 4 is 46.0 Å². The molecule has 1 aromatic carbocycles. The summed E-state index contributed by atoms with van der Waals surface area (Å²) in [5.41, 5.74) is 0.196. The molecule has 0 bridgehead atoms. The van der Waals surface area contributed by atoms with Gasteiger partial charge in [-0.05, 0) is 24.3 Å². The number of ether oxygens (including phenoxy) is 1. The monoisotopic (exact) mass is 362 g/mol. The largest absolute Gasteiger partial charge is 0.497 e. The second kappa shape index (κ2) is 6.46. The highest BCUT2D eigenvalue weighted by Gasteiger charge is 2.23. The number of hydrogen-bond donors (Lipinski definition) is 1. The van der Waals surface area contributed by atoms with E-state index in [0.29, 0.717) is 32.1 Å². The maximum Gasteiger partial charge on any atom is 0.284 e. The van der Waals surface area contributed by atoms with E-state index >= 15 is 0 Å². The van der Waals surface area contributed by atoms with Crippen LogP contribution in [0.25, 0.3) is 17.4 Å². The Bertz CT molecular complexity index is 888. The quantitative estimate of drug-likeness (QED) is 0.386. The number of furan rings is 1. The fraction of sp³-hybridized carbons (Fsp3) is 0.0667. The molecule has 1 aromatic heterocycles. The average Bonchev–Trinajstić information content (AvgIpc) is 3.13. The Labute approximate surface area is 145 Å². The van der Waals surface area contributed by atoms with Gasteiger partial charge < -0.3 is 14.5 Å². The van der Waals surface area contributed by atoms with E-state index in [0.717, 1.165) is 11.8 Å². The van der Waals surface area contributed by atoms with Crippen molar-refractivity contribution in [2.24, 2.45) is 0 Å². The van der Waals surface area contributed by atoms with Crippen molar-refractivity contribution in [3.8, 4) is 17.1 Å². The number of nitro benzene ring substituents is 1. The van der Waals surface area contributed by atoms with Crippen LogP contribution in [-0.2, 0) is 4.79 Å². The maximum atomic E-state index is 11.6. The van der Waals surface area contributed by atoms with E-state index in [9.17, 15) is 14.9 Å². The molecule has 1 fully saturated rings. The highest BCUT2D eigenvalue weighted by atomic mass is 32.2. The molecule has 2 aromatic rings. The van der Waals surface area contributed by atoms with E-state index in [2.05, 4.69) is 5.32 Å². The molecular formula is C15H10N2O5S2. The van der Waals surface area contributed by atoms with Gasteiger partial charge in [0.1, 0.15) is 21.6 Å². The zero-order chi connectivity index (χ0) is 17.3. The van der Waals surface area contributed by atoms with Crippen LogP contribution in [0.4, 0.5) is 5.69 Å². The Kier molecular flexibility index (Phi) is 4.36. The molecule has 2 heterocycles. The lowest BCUT2D eigenvalue weighted by atomic mass is 10.1. The normalized spacial score (nSPS) is 15.6. The van der Waals surface area contributed by atoms with Gasteiger partial charge in [-0.25, -0.2) is 0 Å². The van der Waals surface area contributed by atoms with Gasteiger partial charge in [0.2, 0.25) is 0 Å². The van der Waals surface area contributed by atoms with E-state index in [1.54, 1.807) is 24.3 Å². The van der Waals surface area contributed by atoms with Crippen molar-refractivity contribution in [1.29, 1.82) is 0 Å². The van der Waals surface area contributed by atoms with Crippen LogP contribution in [0.5, 0.6) is 5.75 Å². The van der Waals surface area contributed by atoms with E-state index < -0.39 is 4.92 Å². The van der Waals surface area contributed by atoms with Gasteiger partial charge in [0.25, 0.3) is 11.6 Å². The molecule has 0 spiro atoms. The number of nitrogens with zero attached hydrogens (tertiary/aromatic N) is 1. The molecule has 0 atom stereocenters. The van der Waals surface area contributed by atoms with Gasteiger partial charge in [-0.2, -0.15) is 0 Å². The molecule has 1 aliphatic heterocycles. The molecule has 0 unspecified atom stereocenters. The number of carbonyl (C=O) groups is 1. The van der Waals surface area contributed by atoms with Crippen molar-refractivity contribution in [3.05, 3.63) is 51.1 Å². The first-order valence-corrected chi connectivity index (χ1v) is 7.88. The van der Waals surface area contributed by atoms with Crippen LogP contribution in [0, 0.1) is 10.1 Å². The molecule has 122 valence electrons. The average molecular weight is 362 g/mol. The Morgan fingerprint density at radius 1 is 1.38 bits per heavy atom. The van der Waals surface area contributed by atoms with Gasteiger partial charge in [-0.15, -0.1) is 0 Å². The van der Waals surface area contributed by atoms with Gasteiger partial charge in [0, 0.05) is 6.08 Å². The van der Waals surface area contributed by atoms with E-state index in [1.165, 1.54) is 19.3 Å². The summed E-state index contributed by atoms with van der Waals surface area (Å²) in [6.07, 6.45) is 1.54. The number of amides is 1. The topological polar surface area (TPSA) is 94.6 Å². The van der Waals surface area contributed by atoms with Crippen molar-refractivity contribution in [2.45, 2.75) is 0 Å². The molecule has 1 aliphatic rings. The molecular weight excluding hydrogens is 352 g/mol. The Morgan fingerprint density at radius 3 is 2.79 bits per heavy atom. The van der Waals surface area contributed by atoms with Crippen LogP contribution in [0.15, 0.2) is 39.7 Å². The minimum absolute atomic E-state index is 0.128. The molecule has 7 nitrogen and oxygen atoms in total. The molecule has 1 saturated heterocycles. The Balaban J connectivity index is 1.97. The van der Waals surface area contributed by atoms with Crippen molar-refractivity contribution < 1.29 is 18.9 Å². The lowest BCUT2D eigenvalue weighted by Crippen LogP contribution is -2.17. The maximum absolute atomic E-state index is 11.6. The SMILES string of the molecule is COc1ccc(-c2ccc(C=C3SC(=S)NC3=O)o2)c([N+](=O)[O-])c1. The molecule has 24 heavy (non-hydrogen) atoms. The Morgan fingerprint density at radius 2 is 2.17 bits per heavy atom. The van der Waals surface area contributed by atoms with E-state index in [-0.39, 0.29) is 11.6 Å². The lowest BCUT2D eigenvalue weighted by Gasteiger charge is -2.03. The standard InChI is InChI=1S/C15H10N2O5S2/c1-21-8-2-4-10(11(6-8)17(19)20)12-5-3-9(22-12)7-13-14(18)16-15(23)24-13/h2-7H,1H3,(H,16,18,23). The molecule has 9 heteroatoms. The van der Waals surface area contributed by atoms with Crippen LogP contribution in [0.3, 0.4) is 0 Å². The first kappa shape index (κ1) is 16.2. The van der Waals surface area contributed by atoms with E-state index in [4.69, 9.17) is 21.4 Å². The van der Waals surface area contributed by atoms with Gasteiger partial charge in [0.05, 0.1) is 28.6 Å². The molecule has 3 rings (SSSR count). The summed E-state index contributed by atoms with van der Waals surface area (Å²) >= 11 is 6.05. The number of carbonyl (C=O) groups excluding carboxylic acids is 1. The summed E-state index contributed by atoms with van der Waals surface area (Å²) in [4.78, 5) is 22.8. The summed E-state index contributed by atoms with van der Waals surface area (Å²) in [6.45, 7) is 0. The third-order valence-corrected chi connectivity index (χ3v) is 4.37. The van der Waals surface area contributed by atoms with Crippen LogP contribution in [0.2, 0.25) is 0 Å². The van der Waals surface area contributed by atoms with Gasteiger partial charge in [0.15, 0.2) is 0 Å². The number of rotatable bonds is 4. The number of benzene rings is 1. The van der Waals surface area contributed by atoms with Gasteiger partial charge in [-0.1, -0.05) is 24.0 Å². The van der Waals surface area contributed by atoms with Crippen LogP contribution in [-0.4, -0.2) is 22.3 Å². The summed E-state index contributed by atoms with van der Waals surface area (Å²) in [7, 11) is 1.44. The zero-order valence-corrected chi connectivity index (χ0v) is 13.9. The lowest BCUT2D eigenvalue weighted by molar-refractivity contribution is -0.384. The second-order valence-electron chi connectivity index (χ2n) is 4.69. The zero-order valence-electron chi connectivity index (χ0n) is 12.3. The van der Waals surface area contributed by atoms with Crippen LogP contribution < -0.4 is 10.1 Å². The fourth-order valence-corrected chi connectivity index (χ4v) is 3.15. The predicted molar refractivity (Wildman–Crippen MR) is 93.7 cm³/mol. The highest BCUT2D eigenvalue weighted by molar-refractivity contribution is 8.26. The first-order chi connectivity index (χ1) is 11.5. The number of thioether (sulfide) groups is 1. The van der Waals surface area contributed by atoms with Crippen LogP contribution >= 0.6 is 24.0 Å². The third-order valence-electron chi connectivity index (χ3n) is 3.21. The Hall–Kier alpha value is -2.65. The summed E-state index contributed by atoms with van der Waals surface area (Å²) in [5, 5.41) is 13.8. The minimum atomic E-state index is -0.503. The fourth-order valence-electron chi connectivity index (χ4n) is 2.12. The van der Waals surface area contributed by atoms with Crippen molar-refractivity contribution in [3.63, 3.8) is 0 Å². The summed E-state index contributed by atoms with van der Waals surface area (Å²) in [5.74, 6) is 0.810. The summed E-state index contributed by atoms with van der Waals surface area (Å²) in [6, 6.07) is 7.73. The third kappa shape index (κ3) is 3.17. The van der Waals surface area contributed by atoms with Crippen LogP contribution in [0.1, 0.15) is 5.76 Å². The predicted octanol–water partition coefficient (Wildman–Crippen LogP) is 3.35. The number of methoxy groups -OCH3 is 1. The van der Waals surface area contributed by atoms with Crippen molar-refractivity contribution in [2.75, 3.05) is 7.11 Å². The smallest absolute Gasteiger partial charge is 0.284 e. The molecule has 0 saturated carbocycles. The molecule has 1 amide bonds. The number of thiocarbonyl (C=S) groups is 1. The molecule has 1 N–H and O–H groups in total. The molecule has 0 aliphatic carbocycles.